The van der Waals surface area contributed by atoms with Crippen molar-refractivity contribution in [2.45, 2.75) is 6.92 Å². The van der Waals surface area contributed by atoms with Crippen LogP contribution in [0.4, 0.5) is 11.4 Å². The van der Waals surface area contributed by atoms with Gasteiger partial charge in [0.25, 0.3) is 0 Å². The Labute approximate surface area is 114 Å². The lowest BCUT2D eigenvalue weighted by molar-refractivity contribution is -0.114. The maximum Gasteiger partial charge on any atom is 0.221 e. The average Bonchev–Trinajstić information content (AvgIpc) is 2.37. The Hall–Kier alpha value is -2.82. The molecule has 1 heterocycles. The van der Waals surface area contributed by atoms with Gasteiger partial charge in [0.2, 0.25) is 5.91 Å². The Morgan fingerprint density at radius 2 is 1.75 bits per heavy atom. The van der Waals surface area contributed by atoms with Crippen LogP contribution in [0.2, 0.25) is 0 Å². The third kappa shape index (κ3) is 1.99. The number of nitrogens with one attached hydrogen (secondary N) is 2. The fourth-order valence-electron chi connectivity index (χ4n) is 2.28. The number of aromatic amines is 1. The lowest BCUT2D eigenvalue weighted by Crippen LogP contribution is -2.08. The number of nitrogens with two attached hydrogens (primary N) is 1. The quantitative estimate of drug-likeness (QED) is 0.466. The van der Waals surface area contributed by atoms with Gasteiger partial charge in [0.05, 0.1) is 11.0 Å². The van der Waals surface area contributed by atoms with Gasteiger partial charge >= 0.3 is 0 Å². The molecule has 0 bridgehead atoms. The zero-order chi connectivity index (χ0) is 14.3. The summed E-state index contributed by atoms with van der Waals surface area (Å²) in [5, 5.41) is 3.87. The average molecular weight is 267 g/mol. The van der Waals surface area contributed by atoms with Crippen LogP contribution >= 0.6 is 0 Å². The van der Waals surface area contributed by atoms with E-state index in [1.54, 1.807) is 36.4 Å². The summed E-state index contributed by atoms with van der Waals surface area (Å²) in [6.45, 7) is 1.44. The van der Waals surface area contributed by atoms with E-state index < -0.39 is 0 Å². The normalized spacial score (nSPS) is 10.8. The van der Waals surface area contributed by atoms with Gasteiger partial charge < -0.3 is 16.0 Å². The predicted octanol–water partition coefficient (Wildman–Crippen LogP) is 2.22. The van der Waals surface area contributed by atoms with E-state index in [0.717, 1.165) is 0 Å². The van der Waals surface area contributed by atoms with Gasteiger partial charge in [-0.3, -0.25) is 9.59 Å². The van der Waals surface area contributed by atoms with Crippen molar-refractivity contribution in [2.75, 3.05) is 11.1 Å². The number of benzene rings is 2. The molecule has 0 fully saturated rings. The van der Waals surface area contributed by atoms with E-state index in [4.69, 9.17) is 5.73 Å². The zero-order valence-electron chi connectivity index (χ0n) is 10.9. The number of amides is 1. The molecule has 100 valence electrons. The molecule has 5 heteroatoms. The second-order valence-corrected chi connectivity index (χ2v) is 4.70. The third-order valence-corrected chi connectivity index (χ3v) is 3.14. The van der Waals surface area contributed by atoms with Crippen molar-refractivity contribution in [3.8, 4) is 0 Å². The number of nitrogen functional groups attached to an aromatic ring is 1. The number of anilines is 2. The molecule has 1 amide bonds. The van der Waals surface area contributed by atoms with Crippen LogP contribution in [0.25, 0.3) is 21.8 Å². The van der Waals surface area contributed by atoms with Crippen LogP contribution < -0.4 is 16.5 Å². The molecule has 0 aliphatic carbocycles. The van der Waals surface area contributed by atoms with Crippen LogP contribution in [0.1, 0.15) is 6.92 Å². The Balaban J connectivity index is 2.32. The number of carbonyl (C=O) groups excluding carboxylic acids is 1. The first-order valence-electron chi connectivity index (χ1n) is 6.17. The van der Waals surface area contributed by atoms with Crippen molar-refractivity contribution >= 4 is 39.1 Å². The standard InChI is InChI=1S/C15H13N3O2/c1-8(19)17-10-3-5-12-14(7-10)18-13-6-9(16)2-4-11(13)15(12)20/h2-7H,16H2,1H3,(H,17,19)(H,18,20). The van der Waals surface area contributed by atoms with Crippen LogP contribution in [0.3, 0.4) is 0 Å². The molecule has 0 atom stereocenters. The molecule has 2 aromatic carbocycles. The molecular weight excluding hydrogens is 254 g/mol. The summed E-state index contributed by atoms with van der Waals surface area (Å²) in [5.74, 6) is -0.156. The lowest BCUT2D eigenvalue weighted by Gasteiger charge is -2.06. The SMILES string of the molecule is CC(=O)Nc1ccc2c(=O)c3ccc(N)cc3[nH]c2c1. The summed E-state index contributed by atoms with van der Waals surface area (Å²) < 4.78 is 0. The topological polar surface area (TPSA) is 88.0 Å². The van der Waals surface area contributed by atoms with Gasteiger partial charge in [-0.1, -0.05) is 0 Å². The number of pyridine rings is 1. The summed E-state index contributed by atoms with van der Waals surface area (Å²) in [7, 11) is 0. The Morgan fingerprint density at radius 1 is 1.10 bits per heavy atom. The molecule has 4 N–H and O–H groups in total. The van der Waals surface area contributed by atoms with Crippen molar-refractivity contribution in [1.29, 1.82) is 0 Å². The van der Waals surface area contributed by atoms with E-state index >= 15 is 0 Å². The predicted molar refractivity (Wildman–Crippen MR) is 80.8 cm³/mol. The number of aromatic nitrogens is 1. The number of fused-ring (bicyclic) bond motifs is 2. The number of hydrogen-bond acceptors (Lipinski definition) is 3. The molecule has 0 aliphatic heterocycles. The highest BCUT2D eigenvalue weighted by Crippen LogP contribution is 2.20. The summed E-state index contributed by atoms with van der Waals surface area (Å²) in [6.07, 6.45) is 0. The fourth-order valence-corrected chi connectivity index (χ4v) is 2.28. The Morgan fingerprint density at radius 3 is 2.45 bits per heavy atom. The number of carbonyl (C=O) groups is 1. The van der Waals surface area contributed by atoms with Crippen molar-refractivity contribution in [3.05, 3.63) is 46.6 Å². The molecule has 0 spiro atoms. The van der Waals surface area contributed by atoms with Gasteiger partial charge in [0.15, 0.2) is 5.43 Å². The molecule has 3 aromatic rings. The Bertz CT molecular complexity index is 897. The van der Waals surface area contributed by atoms with Crippen molar-refractivity contribution < 1.29 is 4.79 Å². The van der Waals surface area contributed by atoms with Crippen molar-refractivity contribution in [2.24, 2.45) is 0 Å². The van der Waals surface area contributed by atoms with Crippen LogP contribution in [-0.2, 0) is 4.79 Å². The minimum Gasteiger partial charge on any atom is -0.399 e. The first kappa shape index (κ1) is 12.2. The van der Waals surface area contributed by atoms with E-state index in [0.29, 0.717) is 33.2 Å². The van der Waals surface area contributed by atoms with Gasteiger partial charge in [-0.2, -0.15) is 0 Å². The Kier molecular flexibility index (Phi) is 2.68. The first-order valence-corrected chi connectivity index (χ1v) is 6.17. The molecule has 0 saturated heterocycles. The van der Waals surface area contributed by atoms with E-state index in [1.165, 1.54) is 6.92 Å². The second kappa shape index (κ2) is 4.38. The maximum absolute atomic E-state index is 12.4. The van der Waals surface area contributed by atoms with Gasteiger partial charge in [-0.05, 0) is 36.4 Å². The van der Waals surface area contributed by atoms with Crippen LogP contribution in [0.5, 0.6) is 0 Å². The summed E-state index contributed by atoms with van der Waals surface area (Å²) in [4.78, 5) is 26.6. The zero-order valence-corrected chi connectivity index (χ0v) is 10.9. The number of H-pyrrole nitrogens is 1. The van der Waals surface area contributed by atoms with Crippen LogP contribution in [-0.4, -0.2) is 10.9 Å². The third-order valence-electron chi connectivity index (χ3n) is 3.14. The smallest absolute Gasteiger partial charge is 0.221 e. The number of rotatable bonds is 1. The number of hydrogen-bond donors (Lipinski definition) is 3. The second-order valence-electron chi connectivity index (χ2n) is 4.70. The highest BCUT2D eigenvalue weighted by Gasteiger charge is 2.06. The van der Waals surface area contributed by atoms with Crippen molar-refractivity contribution in [3.63, 3.8) is 0 Å². The van der Waals surface area contributed by atoms with Gasteiger partial charge in [0, 0.05) is 29.1 Å². The molecule has 0 unspecified atom stereocenters. The van der Waals surface area contributed by atoms with Crippen LogP contribution in [0.15, 0.2) is 41.2 Å². The minimum absolute atomic E-state index is 0.0527. The molecule has 0 radical (unpaired) electrons. The molecule has 0 aliphatic rings. The van der Waals surface area contributed by atoms with Gasteiger partial charge in [-0.15, -0.1) is 0 Å². The first-order chi connectivity index (χ1) is 9.54. The van der Waals surface area contributed by atoms with E-state index in [-0.39, 0.29) is 11.3 Å². The fraction of sp³-hybridized carbons (Fsp3) is 0.0667. The van der Waals surface area contributed by atoms with E-state index in [2.05, 4.69) is 10.3 Å². The largest absolute Gasteiger partial charge is 0.399 e. The highest BCUT2D eigenvalue weighted by molar-refractivity contribution is 5.96. The molecule has 1 aromatic heterocycles. The molecule has 5 nitrogen and oxygen atoms in total. The maximum atomic E-state index is 12.4. The van der Waals surface area contributed by atoms with E-state index in [9.17, 15) is 9.59 Å². The molecule has 3 rings (SSSR count). The highest BCUT2D eigenvalue weighted by atomic mass is 16.1. The summed E-state index contributed by atoms with van der Waals surface area (Å²) >= 11 is 0. The molecule has 20 heavy (non-hydrogen) atoms. The summed E-state index contributed by atoms with van der Waals surface area (Å²) in [5.41, 5.74) is 8.26. The van der Waals surface area contributed by atoms with E-state index in [1.807, 2.05) is 0 Å². The molecular formula is C15H13N3O2. The molecule has 0 saturated carbocycles. The lowest BCUT2D eigenvalue weighted by atomic mass is 10.1. The summed E-state index contributed by atoms with van der Waals surface area (Å²) in [6, 6.07) is 10.3. The van der Waals surface area contributed by atoms with Gasteiger partial charge in [-0.25, -0.2) is 0 Å². The minimum atomic E-state index is -0.156. The monoisotopic (exact) mass is 267 g/mol. The van der Waals surface area contributed by atoms with Gasteiger partial charge in [0.1, 0.15) is 0 Å². The van der Waals surface area contributed by atoms with Crippen LogP contribution in [0, 0.1) is 0 Å². The van der Waals surface area contributed by atoms with Crippen molar-refractivity contribution in [1.82, 2.24) is 4.98 Å².